The summed E-state index contributed by atoms with van der Waals surface area (Å²) in [5, 5.41) is 10.8. The molecule has 0 aromatic rings. The van der Waals surface area contributed by atoms with E-state index in [0.29, 0.717) is 6.42 Å². The van der Waals surface area contributed by atoms with Gasteiger partial charge in [-0.1, -0.05) is 0 Å². The number of rotatable bonds is 6. The molecule has 0 aliphatic heterocycles. The Morgan fingerprint density at radius 1 is 1.14 bits per heavy atom. The molecule has 0 aliphatic rings. The highest BCUT2D eigenvalue weighted by Gasteiger charge is 2.17. The van der Waals surface area contributed by atoms with E-state index in [4.69, 9.17) is 5.11 Å². The predicted molar refractivity (Wildman–Crippen MR) is 73.4 cm³/mol. The SMILES string of the molecule is COC(=O)CCCN(C)C(=O)NC(=O)C(C)=C(C)C(=O)O. The summed E-state index contributed by atoms with van der Waals surface area (Å²) in [5.74, 6) is -2.36. The second-order valence-corrected chi connectivity index (χ2v) is 4.42. The molecule has 8 nitrogen and oxygen atoms in total. The van der Waals surface area contributed by atoms with Crippen molar-refractivity contribution in [2.75, 3.05) is 20.7 Å². The molecule has 0 spiro atoms. The molecule has 3 amide bonds. The molecule has 21 heavy (non-hydrogen) atoms. The normalized spacial score (nSPS) is 11.2. The average molecular weight is 300 g/mol. The van der Waals surface area contributed by atoms with Gasteiger partial charge in [-0.05, 0) is 20.3 Å². The van der Waals surface area contributed by atoms with Crippen LogP contribution in [-0.4, -0.2) is 54.6 Å². The number of carboxylic acids is 1. The van der Waals surface area contributed by atoms with E-state index in [9.17, 15) is 19.2 Å². The van der Waals surface area contributed by atoms with Crippen molar-refractivity contribution in [3.05, 3.63) is 11.1 Å². The molecular formula is C13H20N2O6. The number of hydrogen-bond acceptors (Lipinski definition) is 5. The van der Waals surface area contributed by atoms with Crippen LogP contribution in [0.25, 0.3) is 0 Å². The molecule has 0 radical (unpaired) electrons. The number of aliphatic carboxylic acids is 1. The Morgan fingerprint density at radius 2 is 1.71 bits per heavy atom. The molecule has 0 unspecified atom stereocenters. The first kappa shape index (κ1) is 18.6. The number of ether oxygens (including phenoxy) is 1. The third-order valence-corrected chi connectivity index (χ3v) is 2.89. The maximum Gasteiger partial charge on any atom is 0.331 e. The minimum atomic E-state index is -1.22. The van der Waals surface area contributed by atoms with E-state index in [0.717, 1.165) is 0 Å². The average Bonchev–Trinajstić information content (AvgIpc) is 2.44. The molecule has 118 valence electrons. The van der Waals surface area contributed by atoms with E-state index in [2.05, 4.69) is 10.1 Å². The number of nitrogens with one attached hydrogen (secondary N) is 1. The summed E-state index contributed by atoms with van der Waals surface area (Å²) in [7, 11) is 2.74. The van der Waals surface area contributed by atoms with Crippen LogP contribution < -0.4 is 5.32 Å². The first-order chi connectivity index (χ1) is 9.70. The second-order valence-electron chi connectivity index (χ2n) is 4.42. The van der Waals surface area contributed by atoms with Crippen LogP contribution >= 0.6 is 0 Å². The molecule has 0 bridgehead atoms. The van der Waals surface area contributed by atoms with Gasteiger partial charge in [0.1, 0.15) is 0 Å². The fraction of sp³-hybridized carbons (Fsp3) is 0.538. The summed E-state index contributed by atoms with van der Waals surface area (Å²) in [6.07, 6.45) is 0.562. The maximum atomic E-state index is 11.7. The number of carbonyl (C=O) groups is 4. The van der Waals surface area contributed by atoms with Crippen molar-refractivity contribution in [2.45, 2.75) is 26.7 Å². The Morgan fingerprint density at radius 3 is 2.19 bits per heavy atom. The first-order valence-corrected chi connectivity index (χ1v) is 6.24. The van der Waals surface area contributed by atoms with E-state index in [1.54, 1.807) is 0 Å². The number of hydrogen-bond donors (Lipinski definition) is 2. The zero-order valence-corrected chi connectivity index (χ0v) is 12.6. The Balaban J connectivity index is 4.42. The minimum Gasteiger partial charge on any atom is -0.478 e. The highest BCUT2D eigenvalue weighted by atomic mass is 16.5. The third kappa shape index (κ3) is 6.55. The van der Waals surface area contributed by atoms with Crippen molar-refractivity contribution < 1.29 is 29.0 Å². The summed E-state index contributed by atoms with van der Waals surface area (Å²) in [6, 6.07) is -0.664. The van der Waals surface area contributed by atoms with Crippen LogP contribution in [0.15, 0.2) is 11.1 Å². The van der Waals surface area contributed by atoms with Crippen molar-refractivity contribution in [1.29, 1.82) is 0 Å². The summed E-state index contributed by atoms with van der Waals surface area (Å²) >= 11 is 0. The largest absolute Gasteiger partial charge is 0.478 e. The summed E-state index contributed by atoms with van der Waals surface area (Å²) in [6.45, 7) is 2.86. The van der Waals surface area contributed by atoms with Gasteiger partial charge in [-0.3, -0.25) is 14.9 Å². The monoisotopic (exact) mass is 300 g/mol. The molecule has 0 atom stereocenters. The van der Waals surface area contributed by atoms with Crippen LogP contribution in [0.5, 0.6) is 0 Å². The van der Waals surface area contributed by atoms with Crippen LogP contribution in [0.2, 0.25) is 0 Å². The molecule has 0 heterocycles. The van der Waals surface area contributed by atoms with Gasteiger partial charge in [0.05, 0.1) is 7.11 Å². The maximum absolute atomic E-state index is 11.7. The van der Waals surface area contributed by atoms with Gasteiger partial charge in [-0.2, -0.15) is 0 Å². The quantitative estimate of drug-likeness (QED) is 0.546. The lowest BCUT2D eigenvalue weighted by atomic mass is 10.1. The van der Waals surface area contributed by atoms with E-state index < -0.39 is 17.9 Å². The lowest BCUT2D eigenvalue weighted by molar-refractivity contribution is -0.140. The van der Waals surface area contributed by atoms with Gasteiger partial charge in [-0.15, -0.1) is 0 Å². The number of urea groups is 1. The molecule has 0 fully saturated rings. The molecule has 0 aliphatic carbocycles. The minimum absolute atomic E-state index is 0.0428. The van der Waals surface area contributed by atoms with Crippen LogP contribution in [0, 0.1) is 0 Å². The van der Waals surface area contributed by atoms with Crippen molar-refractivity contribution in [2.24, 2.45) is 0 Å². The van der Waals surface area contributed by atoms with E-state index in [1.165, 1.54) is 32.9 Å². The number of nitrogens with zero attached hydrogens (tertiary/aromatic N) is 1. The number of imide groups is 1. The van der Waals surface area contributed by atoms with Crippen LogP contribution in [0.4, 0.5) is 4.79 Å². The number of amides is 3. The van der Waals surface area contributed by atoms with Gasteiger partial charge in [-0.25, -0.2) is 9.59 Å². The zero-order chi connectivity index (χ0) is 16.6. The van der Waals surface area contributed by atoms with Crippen molar-refractivity contribution >= 4 is 23.9 Å². The Bertz CT molecular complexity index is 469. The lowest BCUT2D eigenvalue weighted by Gasteiger charge is -2.17. The lowest BCUT2D eigenvalue weighted by Crippen LogP contribution is -2.41. The molecule has 0 saturated carbocycles. The Hall–Kier alpha value is -2.38. The van der Waals surface area contributed by atoms with E-state index in [1.807, 2.05) is 0 Å². The fourth-order valence-electron chi connectivity index (χ4n) is 1.28. The third-order valence-electron chi connectivity index (χ3n) is 2.89. The molecule has 2 N–H and O–H groups in total. The zero-order valence-electron chi connectivity index (χ0n) is 12.6. The van der Waals surface area contributed by atoms with Gasteiger partial charge in [0, 0.05) is 31.2 Å². The highest BCUT2D eigenvalue weighted by molar-refractivity contribution is 6.07. The molecule has 0 aromatic carbocycles. The van der Waals surface area contributed by atoms with Crippen molar-refractivity contribution in [1.82, 2.24) is 10.2 Å². The Labute approximate surface area is 122 Å². The Kier molecular flexibility index (Phi) is 7.74. The van der Waals surface area contributed by atoms with Crippen LogP contribution in [0.3, 0.4) is 0 Å². The molecule has 8 heteroatoms. The smallest absolute Gasteiger partial charge is 0.331 e. The van der Waals surface area contributed by atoms with Gasteiger partial charge in [0.25, 0.3) is 5.91 Å². The van der Waals surface area contributed by atoms with Crippen molar-refractivity contribution in [3.63, 3.8) is 0 Å². The van der Waals surface area contributed by atoms with E-state index >= 15 is 0 Å². The van der Waals surface area contributed by atoms with Gasteiger partial charge >= 0.3 is 18.0 Å². The molecule has 0 aromatic heterocycles. The van der Waals surface area contributed by atoms with Crippen LogP contribution in [0.1, 0.15) is 26.7 Å². The number of methoxy groups -OCH3 is 1. The molecule has 0 saturated heterocycles. The van der Waals surface area contributed by atoms with Crippen LogP contribution in [-0.2, 0) is 19.1 Å². The number of carbonyl (C=O) groups excluding carboxylic acids is 3. The summed E-state index contributed by atoms with van der Waals surface area (Å²) in [5.41, 5.74) is -0.174. The standard InChI is InChI=1S/C13H20N2O6/c1-8(9(2)12(18)19)11(17)14-13(20)15(3)7-5-6-10(16)21-4/h5-7H2,1-4H3,(H,18,19)(H,14,17,20). The summed E-state index contributed by atoms with van der Waals surface area (Å²) < 4.78 is 4.46. The van der Waals surface area contributed by atoms with Gasteiger partial charge in [0.15, 0.2) is 0 Å². The molecule has 0 rings (SSSR count). The highest BCUT2D eigenvalue weighted by Crippen LogP contribution is 2.04. The number of esters is 1. The fourth-order valence-corrected chi connectivity index (χ4v) is 1.28. The second kappa shape index (κ2) is 8.72. The topological polar surface area (TPSA) is 113 Å². The first-order valence-electron chi connectivity index (χ1n) is 6.24. The van der Waals surface area contributed by atoms with Gasteiger partial charge < -0.3 is 14.7 Å². The van der Waals surface area contributed by atoms with Gasteiger partial charge in [0.2, 0.25) is 0 Å². The number of carboxylic acid groups (broad SMARTS) is 1. The van der Waals surface area contributed by atoms with Crippen molar-refractivity contribution in [3.8, 4) is 0 Å². The molecular weight excluding hydrogens is 280 g/mol. The summed E-state index contributed by atoms with van der Waals surface area (Å²) in [4.78, 5) is 46.2. The van der Waals surface area contributed by atoms with E-state index in [-0.39, 0.29) is 30.1 Å². The predicted octanol–water partition coefficient (Wildman–Crippen LogP) is 0.529.